The molecule has 1 unspecified atom stereocenters. The van der Waals surface area contributed by atoms with Gasteiger partial charge in [0.1, 0.15) is 12.1 Å². The molecule has 4 aliphatic heterocycles. The predicted octanol–water partition coefficient (Wildman–Crippen LogP) is 5.49. The summed E-state index contributed by atoms with van der Waals surface area (Å²) in [5.74, 6) is -1.53. The number of piperidine rings is 2. The molecule has 5 amide bonds. The Morgan fingerprint density at radius 3 is 2.07 bits per heavy atom. The lowest BCUT2D eigenvalue weighted by atomic mass is 9.48. The van der Waals surface area contributed by atoms with Crippen LogP contribution < -0.4 is 20.9 Å². The highest BCUT2D eigenvalue weighted by Gasteiger charge is 2.62. The highest BCUT2D eigenvalue weighted by molar-refractivity contribution is 6.32. The lowest BCUT2D eigenvalue weighted by Crippen LogP contribution is -2.75. The largest absolute Gasteiger partial charge is 0.381 e. The van der Waals surface area contributed by atoms with E-state index in [1.165, 1.54) is 0 Å². The van der Waals surface area contributed by atoms with Gasteiger partial charge in [0.25, 0.3) is 17.7 Å². The van der Waals surface area contributed by atoms with Crippen LogP contribution in [0.2, 0.25) is 5.02 Å². The second-order valence-corrected chi connectivity index (χ2v) is 17.6. The molecule has 1 aliphatic carbocycles. The van der Waals surface area contributed by atoms with E-state index in [0.717, 1.165) is 59.9 Å². The van der Waals surface area contributed by atoms with E-state index < -0.39 is 23.8 Å². The van der Waals surface area contributed by atoms with Gasteiger partial charge in [0.15, 0.2) is 0 Å². The van der Waals surface area contributed by atoms with E-state index in [1.54, 1.807) is 12.1 Å². The maximum absolute atomic E-state index is 13.5. The molecule has 13 heteroatoms. The Morgan fingerprint density at radius 1 is 0.875 bits per heavy atom. The second-order valence-electron chi connectivity index (χ2n) is 17.2. The minimum absolute atomic E-state index is 0.0624. The average Bonchev–Trinajstić information content (AvgIpc) is 3.67. The van der Waals surface area contributed by atoms with Crippen LogP contribution in [0.5, 0.6) is 0 Å². The van der Waals surface area contributed by atoms with E-state index in [9.17, 15) is 29.2 Å². The van der Waals surface area contributed by atoms with Crippen molar-refractivity contribution in [2.45, 2.75) is 84.6 Å². The van der Waals surface area contributed by atoms with Crippen LogP contribution in [0, 0.1) is 28.1 Å². The molecule has 0 bridgehead atoms. The smallest absolute Gasteiger partial charge is 0.262 e. The van der Waals surface area contributed by atoms with Crippen molar-refractivity contribution in [3.8, 4) is 6.07 Å². The Bertz CT molecular complexity index is 2140. The maximum atomic E-state index is 13.5. The van der Waals surface area contributed by atoms with Gasteiger partial charge in [0, 0.05) is 79.0 Å². The molecule has 3 fully saturated rings. The molecular weight excluding hydrogens is 730 g/mol. The quantitative estimate of drug-likeness (QED) is 0.252. The van der Waals surface area contributed by atoms with Crippen LogP contribution in [0.3, 0.4) is 0 Å². The van der Waals surface area contributed by atoms with Gasteiger partial charge in [-0.2, -0.15) is 5.26 Å². The average molecular weight is 776 g/mol. The molecule has 1 atom stereocenters. The number of rotatable bonds is 8. The second kappa shape index (κ2) is 14.0. The first-order valence-electron chi connectivity index (χ1n) is 19.4. The topological polar surface area (TPSA) is 155 Å². The monoisotopic (exact) mass is 775 g/mol. The van der Waals surface area contributed by atoms with Gasteiger partial charge >= 0.3 is 0 Å². The number of imide groups is 2. The van der Waals surface area contributed by atoms with Crippen LogP contribution in [0.4, 0.5) is 11.4 Å². The molecule has 1 saturated carbocycles. The highest BCUT2D eigenvalue weighted by atomic mass is 35.5. The number of hydrogen-bond acceptors (Lipinski definition) is 9. The van der Waals surface area contributed by atoms with Crippen molar-refractivity contribution >= 4 is 52.5 Å². The first kappa shape index (κ1) is 37.7. The molecule has 56 heavy (non-hydrogen) atoms. The van der Waals surface area contributed by atoms with Crippen molar-refractivity contribution in [1.29, 1.82) is 5.26 Å². The van der Waals surface area contributed by atoms with Crippen molar-refractivity contribution in [2.24, 2.45) is 16.7 Å². The molecule has 3 aromatic carbocycles. The lowest BCUT2D eigenvalue weighted by molar-refractivity contribution is -0.136. The number of hydrogen-bond donors (Lipinski definition) is 3. The Kier molecular flexibility index (Phi) is 9.45. The molecule has 0 radical (unpaired) electrons. The number of anilines is 2. The molecule has 5 aliphatic rings. The molecule has 2 saturated heterocycles. The first-order chi connectivity index (χ1) is 26.6. The van der Waals surface area contributed by atoms with Crippen molar-refractivity contribution in [1.82, 2.24) is 20.4 Å². The Morgan fingerprint density at radius 2 is 1.50 bits per heavy atom. The lowest BCUT2D eigenvalue weighted by Gasteiger charge is -2.64. The molecule has 3 N–H and O–H groups in total. The zero-order valence-electron chi connectivity index (χ0n) is 32.1. The summed E-state index contributed by atoms with van der Waals surface area (Å²) >= 11 is 6.29. The number of fused-ring (bicyclic) bond motifs is 2. The molecule has 290 valence electrons. The van der Waals surface area contributed by atoms with E-state index in [2.05, 4.69) is 59.5 Å². The minimum Gasteiger partial charge on any atom is -0.381 e. The van der Waals surface area contributed by atoms with E-state index in [4.69, 9.17) is 11.6 Å². The van der Waals surface area contributed by atoms with Gasteiger partial charge < -0.3 is 15.5 Å². The summed E-state index contributed by atoms with van der Waals surface area (Å²) < 4.78 is 0. The normalized spacial score (nSPS) is 24.2. The van der Waals surface area contributed by atoms with E-state index in [0.29, 0.717) is 46.3 Å². The molecule has 8 rings (SSSR count). The maximum Gasteiger partial charge on any atom is 0.262 e. The van der Waals surface area contributed by atoms with Crippen molar-refractivity contribution in [2.75, 3.05) is 29.9 Å². The van der Waals surface area contributed by atoms with Crippen LogP contribution in [-0.2, 0) is 22.7 Å². The zero-order valence-corrected chi connectivity index (χ0v) is 32.8. The van der Waals surface area contributed by atoms with Crippen LogP contribution in [0.15, 0.2) is 54.6 Å². The van der Waals surface area contributed by atoms with E-state index in [1.807, 2.05) is 42.5 Å². The van der Waals surface area contributed by atoms with Gasteiger partial charge in [-0.05, 0) is 90.9 Å². The minimum atomic E-state index is -0.965. The van der Waals surface area contributed by atoms with E-state index >= 15 is 0 Å². The number of nitriles is 1. The van der Waals surface area contributed by atoms with Crippen LogP contribution in [0.1, 0.15) is 101 Å². The third-order valence-corrected chi connectivity index (χ3v) is 13.1. The summed E-state index contributed by atoms with van der Waals surface area (Å²) in [5, 5.41) is 18.8. The van der Waals surface area contributed by atoms with Gasteiger partial charge in [0.2, 0.25) is 11.8 Å². The van der Waals surface area contributed by atoms with Crippen LogP contribution >= 0.6 is 11.6 Å². The summed E-state index contributed by atoms with van der Waals surface area (Å²) in [7, 11) is 0. The van der Waals surface area contributed by atoms with Gasteiger partial charge in [-0.1, -0.05) is 39.3 Å². The fourth-order valence-corrected chi connectivity index (χ4v) is 10.3. The predicted molar refractivity (Wildman–Crippen MR) is 211 cm³/mol. The van der Waals surface area contributed by atoms with Crippen molar-refractivity contribution < 1.29 is 24.0 Å². The van der Waals surface area contributed by atoms with Gasteiger partial charge in [0.05, 0.1) is 21.7 Å². The van der Waals surface area contributed by atoms with Gasteiger partial charge in [-0.3, -0.25) is 39.1 Å². The van der Waals surface area contributed by atoms with Crippen molar-refractivity contribution in [3.05, 3.63) is 93.0 Å². The summed E-state index contributed by atoms with van der Waals surface area (Å²) in [5.41, 5.74) is 5.23. The number of benzene rings is 3. The summed E-state index contributed by atoms with van der Waals surface area (Å²) in [6.07, 6.45) is 2.29. The van der Waals surface area contributed by atoms with Crippen molar-refractivity contribution in [3.63, 3.8) is 0 Å². The Labute approximate surface area is 331 Å². The third-order valence-electron chi connectivity index (χ3n) is 12.8. The number of amides is 5. The Hall–Kier alpha value is -5.25. The number of halogens is 1. The zero-order chi connectivity index (χ0) is 39.7. The van der Waals surface area contributed by atoms with Gasteiger partial charge in [-0.25, -0.2) is 0 Å². The number of carbonyl (C=O) groups excluding carboxylic acids is 5. The van der Waals surface area contributed by atoms with Crippen LogP contribution in [-0.4, -0.2) is 77.1 Å². The van der Waals surface area contributed by atoms with E-state index in [-0.39, 0.29) is 47.6 Å². The first-order valence-corrected chi connectivity index (χ1v) is 19.7. The number of nitrogens with zero attached hydrogens (tertiary/aromatic N) is 4. The molecule has 0 aromatic heterocycles. The fraction of sp³-hybridized carbons (Fsp3) is 0.442. The highest BCUT2D eigenvalue weighted by Crippen LogP contribution is 2.55. The summed E-state index contributed by atoms with van der Waals surface area (Å²) in [6, 6.07) is 18.0. The molecular formula is C43H46ClN7O5. The SMILES string of the molecule is CC1(C)[C@H](NC(=O)c2ccc(N3CCC(CN4Cc5cc6c(cc5C4)C(=O)N(C4CCC(=O)NC4=O)C6=O)CC3)cc2)C(C)(C)[C@H]1Nc1ccc(C#N)c(Cl)c1. The summed E-state index contributed by atoms with van der Waals surface area (Å²) in [6.45, 7) is 12.7. The fourth-order valence-electron chi connectivity index (χ4n) is 10.1. The third kappa shape index (κ3) is 6.50. The molecule has 3 aromatic rings. The number of nitrogens with one attached hydrogen (secondary N) is 3. The van der Waals surface area contributed by atoms with Gasteiger partial charge in [-0.15, -0.1) is 0 Å². The Balaban J connectivity index is 0.822. The molecule has 0 spiro atoms. The standard InChI is InChI=1S/C43H46ClN7O5/c1-42(2)40(46-29-8-5-26(20-45)33(44)19-29)43(3,4)41(42)48-36(53)25-6-9-30(10-7-25)50-15-13-24(14-16-50)21-49-22-27-17-31-32(18-28(27)23-49)39(56)51(38(31)55)34-11-12-35(52)47-37(34)54/h5-10,17-19,24,34,40-41,46H,11-16,21-23H2,1-4H3,(H,48,53)(H,47,52,54)/t34?,40-,41-. The molecule has 4 heterocycles. The summed E-state index contributed by atoms with van der Waals surface area (Å²) in [4.78, 5) is 70.0. The number of carbonyl (C=O) groups is 5. The molecule has 12 nitrogen and oxygen atoms in total. The van der Waals surface area contributed by atoms with Crippen LogP contribution in [0.25, 0.3) is 0 Å².